The molecular formula is C26H23F2N5O3. The zero-order chi connectivity index (χ0) is 25.4. The quantitative estimate of drug-likeness (QED) is 0.440. The lowest BCUT2D eigenvalue weighted by Gasteiger charge is -2.29. The standard InChI is InChI=1S/C26H23F2N5O3/c1-26(27,28)25(35)31-20-14-23(34)32(24(20)16-6-4-3-5-7-16)18-8-9-21-17(12-18)15-30-33(21)19-10-11-29-22(13-19)36-2/h3-13,15,20,24H,14H2,1-2H3,(H,31,35). The number of carbonyl (C=O) groups is 2. The van der Waals surface area contributed by atoms with E-state index < -0.39 is 23.9 Å². The summed E-state index contributed by atoms with van der Waals surface area (Å²) >= 11 is 0. The number of rotatable bonds is 6. The first-order chi connectivity index (χ1) is 17.3. The highest BCUT2D eigenvalue weighted by atomic mass is 19.3. The fourth-order valence-electron chi connectivity index (χ4n) is 4.51. The average Bonchev–Trinajstić information content (AvgIpc) is 3.44. The number of methoxy groups -OCH3 is 1. The molecule has 0 saturated carbocycles. The Morgan fingerprint density at radius 3 is 2.61 bits per heavy atom. The van der Waals surface area contributed by atoms with Gasteiger partial charge >= 0.3 is 5.92 Å². The maximum absolute atomic E-state index is 13.6. The normalized spacial score (nSPS) is 18.0. The van der Waals surface area contributed by atoms with Gasteiger partial charge < -0.3 is 15.0 Å². The van der Waals surface area contributed by atoms with Crippen molar-refractivity contribution in [3.8, 4) is 11.6 Å². The van der Waals surface area contributed by atoms with Gasteiger partial charge in [-0.05, 0) is 29.8 Å². The molecule has 184 valence electrons. The van der Waals surface area contributed by atoms with E-state index in [1.54, 1.807) is 52.3 Å². The zero-order valence-corrected chi connectivity index (χ0v) is 19.6. The topological polar surface area (TPSA) is 89.4 Å². The van der Waals surface area contributed by atoms with Gasteiger partial charge in [-0.25, -0.2) is 9.67 Å². The number of fused-ring (bicyclic) bond motifs is 1. The molecule has 2 aromatic carbocycles. The molecule has 4 aromatic rings. The fourth-order valence-corrected chi connectivity index (χ4v) is 4.51. The lowest BCUT2D eigenvalue weighted by Crippen LogP contribution is -2.46. The van der Waals surface area contributed by atoms with Crippen molar-refractivity contribution in [3.63, 3.8) is 0 Å². The number of carbonyl (C=O) groups excluding carboxylic acids is 2. The SMILES string of the molecule is COc1cc(-n2ncc3cc(N4C(=O)CC(NC(=O)C(C)(F)F)C4c4ccccc4)ccc32)ccn1. The van der Waals surface area contributed by atoms with Gasteiger partial charge in [-0.2, -0.15) is 13.9 Å². The van der Waals surface area contributed by atoms with Crippen LogP contribution >= 0.6 is 0 Å². The van der Waals surface area contributed by atoms with E-state index in [1.807, 2.05) is 30.3 Å². The molecule has 3 heterocycles. The maximum atomic E-state index is 13.6. The molecule has 2 unspecified atom stereocenters. The van der Waals surface area contributed by atoms with E-state index in [0.717, 1.165) is 22.2 Å². The lowest BCUT2D eigenvalue weighted by atomic mass is 9.99. The number of nitrogens with one attached hydrogen (secondary N) is 1. The Bertz CT molecular complexity index is 1430. The molecule has 36 heavy (non-hydrogen) atoms. The summed E-state index contributed by atoms with van der Waals surface area (Å²) in [6, 6.07) is 16.6. The van der Waals surface area contributed by atoms with Gasteiger partial charge in [0.15, 0.2) is 0 Å². The number of nitrogens with zero attached hydrogens (tertiary/aromatic N) is 4. The Kier molecular flexibility index (Phi) is 5.87. The van der Waals surface area contributed by atoms with Crippen LogP contribution in [0.3, 0.4) is 0 Å². The van der Waals surface area contributed by atoms with Crippen molar-refractivity contribution in [1.82, 2.24) is 20.1 Å². The second-order valence-electron chi connectivity index (χ2n) is 8.65. The smallest absolute Gasteiger partial charge is 0.321 e. The first kappa shape index (κ1) is 23.4. The summed E-state index contributed by atoms with van der Waals surface area (Å²) in [5, 5.41) is 7.63. The van der Waals surface area contributed by atoms with Gasteiger partial charge in [0.25, 0.3) is 5.91 Å². The summed E-state index contributed by atoms with van der Waals surface area (Å²) in [7, 11) is 1.53. The highest BCUT2D eigenvalue weighted by Gasteiger charge is 2.45. The first-order valence-electron chi connectivity index (χ1n) is 11.3. The van der Waals surface area contributed by atoms with Crippen molar-refractivity contribution in [3.05, 3.63) is 78.6 Å². The third kappa shape index (κ3) is 4.26. The van der Waals surface area contributed by atoms with Gasteiger partial charge in [0, 0.05) is 36.7 Å². The highest BCUT2D eigenvalue weighted by Crippen LogP contribution is 2.39. The number of alkyl halides is 2. The van der Waals surface area contributed by atoms with Crippen LogP contribution in [0.25, 0.3) is 16.6 Å². The molecule has 0 spiro atoms. The molecule has 2 amide bonds. The van der Waals surface area contributed by atoms with Gasteiger partial charge in [0.1, 0.15) is 0 Å². The van der Waals surface area contributed by atoms with E-state index in [2.05, 4.69) is 15.4 Å². The molecule has 0 aliphatic carbocycles. The van der Waals surface area contributed by atoms with Crippen LogP contribution in [0.2, 0.25) is 0 Å². The van der Waals surface area contributed by atoms with Gasteiger partial charge in [-0.3, -0.25) is 9.59 Å². The third-order valence-electron chi connectivity index (χ3n) is 6.18. The van der Waals surface area contributed by atoms with Crippen LogP contribution in [0.1, 0.15) is 24.9 Å². The number of aromatic nitrogens is 3. The van der Waals surface area contributed by atoms with E-state index in [4.69, 9.17) is 4.74 Å². The van der Waals surface area contributed by atoms with Crippen molar-refractivity contribution in [1.29, 1.82) is 0 Å². The van der Waals surface area contributed by atoms with Crippen molar-refractivity contribution >= 4 is 28.4 Å². The number of ether oxygens (including phenoxy) is 1. The molecule has 5 rings (SSSR count). The van der Waals surface area contributed by atoms with E-state index in [-0.39, 0.29) is 12.3 Å². The minimum atomic E-state index is -3.55. The number of hydrogen-bond donors (Lipinski definition) is 1. The highest BCUT2D eigenvalue weighted by molar-refractivity contribution is 6.00. The summed E-state index contributed by atoms with van der Waals surface area (Å²) in [5.41, 5.74) is 2.86. The van der Waals surface area contributed by atoms with Gasteiger partial charge in [0.2, 0.25) is 11.8 Å². The summed E-state index contributed by atoms with van der Waals surface area (Å²) < 4.78 is 34.2. The van der Waals surface area contributed by atoms with Crippen LogP contribution in [0, 0.1) is 0 Å². The summed E-state index contributed by atoms with van der Waals surface area (Å²) in [4.78, 5) is 30.9. The second-order valence-corrected chi connectivity index (χ2v) is 8.65. The van der Waals surface area contributed by atoms with Crippen molar-refractivity contribution < 1.29 is 23.1 Å². The van der Waals surface area contributed by atoms with Crippen LogP contribution < -0.4 is 15.0 Å². The van der Waals surface area contributed by atoms with E-state index in [1.165, 1.54) is 7.11 Å². The number of anilines is 1. The van der Waals surface area contributed by atoms with E-state index in [9.17, 15) is 18.4 Å². The fraction of sp³-hybridized carbons (Fsp3) is 0.231. The van der Waals surface area contributed by atoms with Crippen molar-refractivity contribution in [2.75, 3.05) is 12.0 Å². The van der Waals surface area contributed by atoms with Crippen molar-refractivity contribution in [2.24, 2.45) is 0 Å². The Labute approximate surface area is 205 Å². The second kappa shape index (κ2) is 9.03. The molecule has 2 atom stereocenters. The van der Waals surface area contributed by atoms with Gasteiger partial charge in [-0.1, -0.05) is 30.3 Å². The largest absolute Gasteiger partial charge is 0.481 e. The van der Waals surface area contributed by atoms with Crippen LogP contribution in [-0.2, 0) is 9.59 Å². The molecule has 0 bridgehead atoms. The predicted molar refractivity (Wildman–Crippen MR) is 129 cm³/mol. The Balaban J connectivity index is 1.53. The predicted octanol–water partition coefficient (Wildman–Crippen LogP) is 4.05. The van der Waals surface area contributed by atoms with E-state index >= 15 is 0 Å². The molecule has 2 aromatic heterocycles. The first-order valence-corrected chi connectivity index (χ1v) is 11.3. The molecule has 1 saturated heterocycles. The number of halogens is 2. The Morgan fingerprint density at radius 2 is 1.89 bits per heavy atom. The monoisotopic (exact) mass is 491 g/mol. The number of amides is 2. The third-order valence-corrected chi connectivity index (χ3v) is 6.18. The van der Waals surface area contributed by atoms with E-state index in [0.29, 0.717) is 18.5 Å². The molecule has 1 aliphatic heterocycles. The molecule has 0 radical (unpaired) electrons. The number of benzene rings is 2. The number of hydrogen-bond acceptors (Lipinski definition) is 5. The minimum Gasteiger partial charge on any atom is -0.481 e. The van der Waals surface area contributed by atoms with Crippen molar-refractivity contribution in [2.45, 2.75) is 31.4 Å². The van der Waals surface area contributed by atoms with Gasteiger partial charge in [0.05, 0.1) is 36.6 Å². The molecule has 10 heteroatoms. The van der Waals surface area contributed by atoms with Crippen LogP contribution in [0.15, 0.2) is 73.1 Å². The minimum absolute atomic E-state index is 0.102. The number of pyridine rings is 1. The average molecular weight is 491 g/mol. The summed E-state index contributed by atoms with van der Waals surface area (Å²) in [5.74, 6) is -4.79. The van der Waals surface area contributed by atoms with Crippen LogP contribution in [0.5, 0.6) is 5.88 Å². The molecule has 1 fully saturated rings. The zero-order valence-electron chi connectivity index (χ0n) is 19.6. The summed E-state index contributed by atoms with van der Waals surface area (Å²) in [6.07, 6.45) is 3.20. The Morgan fingerprint density at radius 1 is 1.11 bits per heavy atom. The lowest BCUT2D eigenvalue weighted by molar-refractivity contribution is -0.143. The molecule has 1 N–H and O–H groups in total. The summed E-state index contributed by atoms with van der Waals surface area (Å²) in [6.45, 7) is 0.540. The molecule has 8 nitrogen and oxygen atoms in total. The van der Waals surface area contributed by atoms with Crippen LogP contribution in [0.4, 0.5) is 14.5 Å². The molecular weight excluding hydrogens is 468 g/mol. The maximum Gasteiger partial charge on any atom is 0.321 e. The Hall–Kier alpha value is -4.34. The molecule has 1 aliphatic rings. The van der Waals surface area contributed by atoms with Gasteiger partial charge in [-0.15, -0.1) is 0 Å². The van der Waals surface area contributed by atoms with Crippen LogP contribution in [-0.4, -0.2) is 45.7 Å².